The molecule has 6 heteroatoms. The zero-order chi connectivity index (χ0) is 21.8. The fraction of sp³-hybridized carbons (Fsp3) is 0.400. The van der Waals surface area contributed by atoms with Gasteiger partial charge in [-0.05, 0) is 37.5 Å². The standard InChI is InChI=1S/C25H29N3O2S/c1-18-12-14-19(15-13-18)16-27(2)23(29)17-31-25-26-22-11-7-6-10-21(22)24(30)28(25)20-8-4-3-5-9-20/h6-7,10-15,20H,3-5,8-9,16-17H2,1-2H3. The topological polar surface area (TPSA) is 55.2 Å². The molecule has 2 aromatic carbocycles. The highest BCUT2D eigenvalue weighted by molar-refractivity contribution is 7.99. The van der Waals surface area contributed by atoms with Gasteiger partial charge in [-0.3, -0.25) is 14.2 Å². The zero-order valence-electron chi connectivity index (χ0n) is 18.2. The SMILES string of the molecule is Cc1ccc(CN(C)C(=O)CSc2nc3ccccc3c(=O)n2C2CCCCC2)cc1. The number of carbonyl (C=O) groups excluding carboxylic acids is 1. The molecule has 5 nitrogen and oxygen atoms in total. The van der Waals surface area contributed by atoms with Gasteiger partial charge in [0.2, 0.25) is 5.91 Å². The van der Waals surface area contributed by atoms with E-state index in [9.17, 15) is 9.59 Å². The second-order valence-electron chi connectivity index (χ2n) is 8.40. The van der Waals surface area contributed by atoms with Crippen molar-refractivity contribution in [2.75, 3.05) is 12.8 Å². The Morgan fingerprint density at radius 2 is 1.81 bits per heavy atom. The zero-order valence-corrected chi connectivity index (χ0v) is 19.0. The molecule has 1 aliphatic carbocycles. The second kappa shape index (κ2) is 9.69. The number of fused-ring (bicyclic) bond motifs is 1. The van der Waals surface area contributed by atoms with Crippen molar-refractivity contribution in [3.63, 3.8) is 0 Å². The molecule has 0 spiro atoms. The van der Waals surface area contributed by atoms with E-state index in [0.29, 0.717) is 22.6 Å². The normalized spacial score (nSPS) is 14.6. The van der Waals surface area contributed by atoms with E-state index in [0.717, 1.165) is 31.2 Å². The summed E-state index contributed by atoms with van der Waals surface area (Å²) >= 11 is 1.38. The highest BCUT2D eigenvalue weighted by Crippen LogP contribution is 2.31. The van der Waals surface area contributed by atoms with Gasteiger partial charge in [-0.15, -0.1) is 0 Å². The summed E-state index contributed by atoms with van der Waals surface area (Å²) in [6.45, 7) is 2.62. The van der Waals surface area contributed by atoms with Crippen LogP contribution >= 0.6 is 11.8 Å². The van der Waals surface area contributed by atoms with Gasteiger partial charge >= 0.3 is 0 Å². The first-order chi connectivity index (χ1) is 15.0. The molecule has 0 N–H and O–H groups in total. The van der Waals surface area contributed by atoms with Crippen molar-refractivity contribution >= 4 is 28.6 Å². The summed E-state index contributed by atoms with van der Waals surface area (Å²) in [5, 5.41) is 1.31. The van der Waals surface area contributed by atoms with Gasteiger partial charge in [0, 0.05) is 19.6 Å². The molecule has 1 aliphatic rings. The Bertz CT molecular complexity index is 1120. The lowest BCUT2D eigenvalue weighted by Gasteiger charge is -2.26. The Morgan fingerprint density at radius 3 is 2.55 bits per heavy atom. The molecule has 1 fully saturated rings. The maximum atomic E-state index is 13.3. The fourth-order valence-corrected chi connectivity index (χ4v) is 5.19. The summed E-state index contributed by atoms with van der Waals surface area (Å²) in [5.74, 6) is 0.294. The van der Waals surface area contributed by atoms with E-state index in [1.165, 1.54) is 23.7 Å². The van der Waals surface area contributed by atoms with Crippen LogP contribution in [0.5, 0.6) is 0 Å². The van der Waals surface area contributed by atoms with Crippen molar-refractivity contribution in [3.8, 4) is 0 Å². The third-order valence-corrected chi connectivity index (χ3v) is 6.94. The summed E-state index contributed by atoms with van der Waals surface area (Å²) in [7, 11) is 1.82. The molecule has 0 bridgehead atoms. The molecule has 0 unspecified atom stereocenters. The average molecular weight is 436 g/mol. The fourth-order valence-electron chi connectivity index (χ4n) is 4.18. The molecule has 162 valence electrons. The van der Waals surface area contributed by atoms with Crippen molar-refractivity contribution in [1.29, 1.82) is 0 Å². The molecular weight excluding hydrogens is 406 g/mol. The maximum Gasteiger partial charge on any atom is 0.262 e. The number of amides is 1. The number of thioether (sulfide) groups is 1. The summed E-state index contributed by atoms with van der Waals surface area (Å²) in [6, 6.07) is 15.9. The minimum Gasteiger partial charge on any atom is -0.341 e. The number of aryl methyl sites for hydroxylation is 1. The lowest BCUT2D eigenvalue weighted by atomic mass is 9.95. The van der Waals surface area contributed by atoms with Gasteiger partial charge in [-0.1, -0.05) is 73.0 Å². The first kappa shape index (κ1) is 21.6. The predicted molar refractivity (Wildman–Crippen MR) is 127 cm³/mol. The predicted octanol–water partition coefficient (Wildman–Crippen LogP) is 4.96. The van der Waals surface area contributed by atoms with Crippen molar-refractivity contribution in [1.82, 2.24) is 14.5 Å². The third-order valence-electron chi connectivity index (χ3n) is 6.01. The first-order valence-corrected chi connectivity index (χ1v) is 11.9. The molecule has 1 amide bonds. The Kier molecular flexibility index (Phi) is 6.76. The molecule has 3 aromatic rings. The number of hydrogen-bond donors (Lipinski definition) is 0. The molecule has 0 aliphatic heterocycles. The van der Waals surface area contributed by atoms with Gasteiger partial charge in [0.05, 0.1) is 16.7 Å². The number of benzene rings is 2. The number of hydrogen-bond acceptors (Lipinski definition) is 4. The van der Waals surface area contributed by atoms with Crippen LogP contribution in [0.1, 0.15) is 49.3 Å². The van der Waals surface area contributed by atoms with E-state index in [2.05, 4.69) is 31.2 Å². The van der Waals surface area contributed by atoms with Gasteiger partial charge in [-0.25, -0.2) is 4.98 Å². The van der Waals surface area contributed by atoms with Crippen LogP contribution in [0, 0.1) is 6.92 Å². The van der Waals surface area contributed by atoms with Crippen LogP contribution in [0.2, 0.25) is 0 Å². The number of para-hydroxylation sites is 1. The number of aromatic nitrogens is 2. The van der Waals surface area contributed by atoms with Crippen molar-refractivity contribution < 1.29 is 4.79 Å². The van der Waals surface area contributed by atoms with Crippen molar-refractivity contribution in [2.45, 2.75) is 56.8 Å². The molecule has 0 atom stereocenters. The molecule has 0 saturated heterocycles. The van der Waals surface area contributed by atoms with Gasteiger partial charge in [0.1, 0.15) is 0 Å². The highest BCUT2D eigenvalue weighted by Gasteiger charge is 2.22. The van der Waals surface area contributed by atoms with E-state index in [-0.39, 0.29) is 23.3 Å². The summed E-state index contributed by atoms with van der Waals surface area (Å²) in [5.41, 5.74) is 3.02. The molecular formula is C25H29N3O2S. The number of nitrogens with zero attached hydrogens (tertiary/aromatic N) is 3. The van der Waals surface area contributed by atoms with E-state index >= 15 is 0 Å². The van der Waals surface area contributed by atoms with Crippen LogP contribution in [0.3, 0.4) is 0 Å². The van der Waals surface area contributed by atoms with Gasteiger partial charge < -0.3 is 4.90 Å². The van der Waals surface area contributed by atoms with Crippen LogP contribution in [0.25, 0.3) is 10.9 Å². The quantitative estimate of drug-likeness (QED) is 0.406. The van der Waals surface area contributed by atoms with Crippen molar-refractivity contribution in [2.24, 2.45) is 0 Å². The minimum absolute atomic E-state index is 0.0143. The van der Waals surface area contributed by atoms with Gasteiger partial charge in [0.15, 0.2) is 5.16 Å². The van der Waals surface area contributed by atoms with Crippen LogP contribution < -0.4 is 5.56 Å². The second-order valence-corrected chi connectivity index (χ2v) is 9.35. The van der Waals surface area contributed by atoms with Crippen LogP contribution in [0.15, 0.2) is 58.5 Å². The molecule has 31 heavy (non-hydrogen) atoms. The van der Waals surface area contributed by atoms with E-state index in [1.54, 1.807) is 4.90 Å². The Hall–Kier alpha value is -2.60. The molecule has 4 rings (SSSR count). The summed E-state index contributed by atoms with van der Waals surface area (Å²) < 4.78 is 1.86. The van der Waals surface area contributed by atoms with Crippen LogP contribution in [0.4, 0.5) is 0 Å². The molecule has 0 radical (unpaired) electrons. The first-order valence-electron chi connectivity index (χ1n) is 11.0. The smallest absolute Gasteiger partial charge is 0.262 e. The maximum absolute atomic E-state index is 13.3. The average Bonchev–Trinajstić information content (AvgIpc) is 2.79. The van der Waals surface area contributed by atoms with Crippen molar-refractivity contribution in [3.05, 3.63) is 70.0 Å². The summed E-state index contributed by atoms with van der Waals surface area (Å²) in [4.78, 5) is 32.7. The number of rotatable bonds is 6. The monoisotopic (exact) mass is 435 g/mol. The highest BCUT2D eigenvalue weighted by atomic mass is 32.2. The lowest BCUT2D eigenvalue weighted by molar-refractivity contribution is -0.127. The Morgan fingerprint density at radius 1 is 1.10 bits per heavy atom. The lowest BCUT2D eigenvalue weighted by Crippen LogP contribution is -2.30. The molecule has 1 aromatic heterocycles. The Balaban J connectivity index is 1.54. The van der Waals surface area contributed by atoms with E-state index in [1.807, 2.05) is 35.9 Å². The minimum atomic E-state index is 0.0143. The molecule has 1 heterocycles. The largest absolute Gasteiger partial charge is 0.341 e. The molecule has 1 saturated carbocycles. The summed E-state index contributed by atoms with van der Waals surface area (Å²) in [6.07, 6.45) is 5.47. The van der Waals surface area contributed by atoms with Gasteiger partial charge in [0.25, 0.3) is 5.56 Å². The van der Waals surface area contributed by atoms with Gasteiger partial charge in [-0.2, -0.15) is 0 Å². The van der Waals surface area contributed by atoms with Crippen LogP contribution in [-0.2, 0) is 11.3 Å². The third kappa shape index (κ3) is 5.01. The number of carbonyl (C=O) groups is 1. The van der Waals surface area contributed by atoms with E-state index < -0.39 is 0 Å². The van der Waals surface area contributed by atoms with E-state index in [4.69, 9.17) is 4.98 Å². The Labute approximate surface area is 187 Å². The van der Waals surface area contributed by atoms with Crippen LogP contribution in [-0.4, -0.2) is 33.2 Å².